The maximum atomic E-state index is 7.15. The number of benzene rings is 8. The summed E-state index contributed by atoms with van der Waals surface area (Å²) in [4.78, 5) is 2.32. The average molecular weight is 692 g/mol. The Labute approximate surface area is 314 Å². The molecule has 3 heteroatoms. The molecule has 0 aromatic heterocycles. The molecule has 8 aromatic carbocycles. The average Bonchev–Trinajstić information content (AvgIpc) is 3.69. The van der Waals surface area contributed by atoms with Gasteiger partial charge in [0.05, 0.1) is 11.1 Å². The number of fused-ring (bicyclic) bond motifs is 14. The van der Waals surface area contributed by atoms with E-state index in [2.05, 4.69) is 175 Å². The minimum Gasteiger partial charge on any atom is -0.449 e. The molecule has 0 N–H and O–H groups in total. The van der Waals surface area contributed by atoms with E-state index in [1.165, 1.54) is 66.4 Å². The fourth-order valence-electron chi connectivity index (χ4n) is 9.65. The van der Waals surface area contributed by atoms with Crippen LogP contribution >= 0.6 is 0 Å². The lowest BCUT2D eigenvalue weighted by Gasteiger charge is -2.32. The zero-order valence-corrected chi connectivity index (χ0v) is 29.4. The van der Waals surface area contributed by atoms with Gasteiger partial charge in [0.1, 0.15) is 0 Å². The fraction of sp³-hybridized carbons (Fsp3) is 0.0588. The summed E-state index contributed by atoms with van der Waals surface area (Å²) >= 11 is 0. The largest absolute Gasteiger partial charge is 0.449 e. The van der Waals surface area contributed by atoms with Crippen molar-refractivity contribution in [3.8, 4) is 45.3 Å². The fourth-order valence-corrected chi connectivity index (χ4v) is 9.65. The van der Waals surface area contributed by atoms with Crippen molar-refractivity contribution in [2.24, 2.45) is 0 Å². The van der Waals surface area contributed by atoms with E-state index in [1.807, 2.05) is 6.07 Å². The summed E-state index contributed by atoms with van der Waals surface area (Å²) in [5.41, 5.74) is 15.3. The normalized spacial score (nSPS) is 14.5. The molecule has 1 spiro atoms. The van der Waals surface area contributed by atoms with Crippen LogP contribution in [-0.4, -0.2) is 0 Å². The highest BCUT2D eigenvalue weighted by atomic mass is 16.6. The molecule has 0 bridgehead atoms. The Kier molecular flexibility index (Phi) is 6.10. The number of para-hydroxylation sites is 1. The highest BCUT2D eigenvalue weighted by molar-refractivity contribution is 5.96. The molecule has 0 fully saturated rings. The minimum absolute atomic E-state index is 0.467. The molecule has 1 aliphatic heterocycles. The quantitative estimate of drug-likeness (QED) is 0.184. The molecule has 0 amide bonds. The summed E-state index contributed by atoms with van der Waals surface area (Å²) in [6.45, 7) is 0. The van der Waals surface area contributed by atoms with Crippen LogP contribution in [0, 0.1) is 0 Å². The van der Waals surface area contributed by atoms with Crippen molar-refractivity contribution in [1.82, 2.24) is 0 Å². The number of allylic oxidation sites excluding steroid dienone is 1. The third-order valence-corrected chi connectivity index (χ3v) is 11.9. The zero-order valence-electron chi connectivity index (χ0n) is 29.4. The predicted molar refractivity (Wildman–Crippen MR) is 219 cm³/mol. The molecule has 12 rings (SSSR count). The van der Waals surface area contributed by atoms with Crippen LogP contribution in [0.5, 0.6) is 23.0 Å². The van der Waals surface area contributed by atoms with Gasteiger partial charge in [0, 0.05) is 11.4 Å². The van der Waals surface area contributed by atoms with E-state index in [9.17, 15) is 0 Å². The van der Waals surface area contributed by atoms with Crippen molar-refractivity contribution in [2.75, 3.05) is 4.90 Å². The summed E-state index contributed by atoms with van der Waals surface area (Å²) in [5, 5.41) is 2.39. The van der Waals surface area contributed by atoms with Crippen LogP contribution in [0.3, 0.4) is 0 Å². The van der Waals surface area contributed by atoms with Gasteiger partial charge in [0.25, 0.3) is 0 Å². The first kappa shape index (κ1) is 29.7. The first-order valence-electron chi connectivity index (χ1n) is 18.8. The number of anilines is 3. The first-order valence-corrected chi connectivity index (χ1v) is 18.8. The number of rotatable bonds is 3. The third-order valence-electron chi connectivity index (χ3n) is 11.9. The van der Waals surface area contributed by atoms with E-state index < -0.39 is 5.41 Å². The highest BCUT2D eigenvalue weighted by Gasteiger charge is 2.52. The zero-order chi connectivity index (χ0) is 35.4. The molecular formula is C51H33NO2. The number of ether oxygens (including phenoxy) is 2. The topological polar surface area (TPSA) is 21.7 Å². The Morgan fingerprint density at radius 1 is 0.463 bits per heavy atom. The molecule has 0 saturated heterocycles. The predicted octanol–water partition coefficient (Wildman–Crippen LogP) is 13.5. The minimum atomic E-state index is -0.467. The Hall–Kier alpha value is -6.84. The number of aryl methyl sites for hydroxylation is 1. The molecule has 8 aromatic rings. The van der Waals surface area contributed by atoms with Crippen LogP contribution in [0.1, 0.15) is 39.8 Å². The van der Waals surface area contributed by atoms with E-state index in [-0.39, 0.29) is 0 Å². The second-order valence-electron chi connectivity index (χ2n) is 14.7. The van der Waals surface area contributed by atoms with E-state index in [4.69, 9.17) is 9.47 Å². The highest BCUT2D eigenvalue weighted by Crippen LogP contribution is 2.65. The van der Waals surface area contributed by atoms with Crippen molar-refractivity contribution in [3.05, 3.63) is 203 Å². The van der Waals surface area contributed by atoms with Gasteiger partial charge in [-0.1, -0.05) is 127 Å². The van der Waals surface area contributed by atoms with Crippen LogP contribution < -0.4 is 14.4 Å². The summed E-state index contributed by atoms with van der Waals surface area (Å²) < 4.78 is 14.0. The van der Waals surface area contributed by atoms with E-state index >= 15 is 0 Å². The van der Waals surface area contributed by atoms with Crippen LogP contribution in [-0.2, 0) is 11.8 Å². The molecule has 3 nitrogen and oxygen atoms in total. The van der Waals surface area contributed by atoms with Gasteiger partial charge >= 0.3 is 0 Å². The maximum Gasteiger partial charge on any atom is 0.194 e. The lowest BCUT2D eigenvalue weighted by Crippen LogP contribution is -2.25. The Bertz CT molecular complexity index is 2870. The van der Waals surface area contributed by atoms with E-state index in [0.29, 0.717) is 11.5 Å². The van der Waals surface area contributed by atoms with Crippen LogP contribution in [0.4, 0.5) is 17.1 Å². The van der Waals surface area contributed by atoms with Crippen molar-refractivity contribution in [1.29, 1.82) is 0 Å². The van der Waals surface area contributed by atoms with Crippen molar-refractivity contribution in [2.45, 2.75) is 18.3 Å². The molecule has 0 radical (unpaired) electrons. The molecule has 4 aliphatic rings. The standard InChI is InChI=1S/C51H33NO2/c1-3-14-34-28-36(26-24-32(34)12-1)52(37-27-25-33-13-2-4-15-35(33)29-37)46-22-11-23-47-50(46)54-49-31-45-41(30-48(49)53-47)40-18-7-10-21-44(40)51(45)42-19-8-5-16-38(42)39-17-6-9-20-43(39)51/h1,3-12,14-31H,2,13H2. The summed E-state index contributed by atoms with van der Waals surface area (Å²) in [5.74, 6) is 2.83. The monoisotopic (exact) mass is 691 g/mol. The summed E-state index contributed by atoms with van der Waals surface area (Å²) in [6, 6.07) is 59.4. The van der Waals surface area contributed by atoms with Crippen LogP contribution in [0.25, 0.3) is 39.1 Å². The molecular weight excluding hydrogens is 659 g/mol. The van der Waals surface area contributed by atoms with Crippen molar-refractivity contribution < 1.29 is 9.47 Å². The van der Waals surface area contributed by atoms with Gasteiger partial charge in [0.15, 0.2) is 23.0 Å². The summed E-state index contributed by atoms with van der Waals surface area (Å²) in [7, 11) is 0. The molecule has 3 aliphatic carbocycles. The summed E-state index contributed by atoms with van der Waals surface area (Å²) in [6.07, 6.45) is 6.66. The number of hydrogen-bond acceptors (Lipinski definition) is 3. The smallest absolute Gasteiger partial charge is 0.194 e. The molecule has 54 heavy (non-hydrogen) atoms. The SMILES string of the molecule is C1=Cc2cc(N(c3ccc4ccccc4c3)c3cccc4c3Oc3cc5c(cc3O4)-c3ccccc3C53c4ccccc4-c4ccccc43)ccc2CC1. The molecule has 254 valence electrons. The lowest BCUT2D eigenvalue weighted by atomic mass is 9.70. The van der Waals surface area contributed by atoms with Gasteiger partial charge in [-0.05, 0) is 128 Å². The Morgan fingerprint density at radius 3 is 1.89 bits per heavy atom. The van der Waals surface area contributed by atoms with Gasteiger partial charge in [0.2, 0.25) is 0 Å². The Morgan fingerprint density at radius 2 is 1.11 bits per heavy atom. The molecule has 0 saturated carbocycles. The second kappa shape index (κ2) is 11.1. The lowest BCUT2D eigenvalue weighted by molar-refractivity contribution is 0.360. The van der Waals surface area contributed by atoms with Gasteiger partial charge in [-0.25, -0.2) is 0 Å². The molecule has 0 unspecified atom stereocenters. The molecule has 1 heterocycles. The van der Waals surface area contributed by atoms with Gasteiger partial charge in [-0.3, -0.25) is 0 Å². The first-order chi connectivity index (χ1) is 26.8. The van der Waals surface area contributed by atoms with Crippen molar-refractivity contribution in [3.63, 3.8) is 0 Å². The van der Waals surface area contributed by atoms with Crippen LogP contribution in [0.2, 0.25) is 0 Å². The maximum absolute atomic E-state index is 7.15. The van der Waals surface area contributed by atoms with Gasteiger partial charge in [-0.2, -0.15) is 0 Å². The van der Waals surface area contributed by atoms with E-state index in [0.717, 1.165) is 41.4 Å². The van der Waals surface area contributed by atoms with Gasteiger partial charge in [-0.15, -0.1) is 0 Å². The number of nitrogens with zero attached hydrogens (tertiary/aromatic N) is 1. The Balaban J connectivity index is 1.06. The van der Waals surface area contributed by atoms with E-state index in [1.54, 1.807) is 0 Å². The van der Waals surface area contributed by atoms with Crippen LogP contribution in [0.15, 0.2) is 170 Å². The molecule has 0 atom stereocenters. The van der Waals surface area contributed by atoms with Gasteiger partial charge < -0.3 is 14.4 Å². The second-order valence-corrected chi connectivity index (χ2v) is 14.7. The number of hydrogen-bond donors (Lipinski definition) is 0. The van der Waals surface area contributed by atoms with Crippen molar-refractivity contribution >= 4 is 33.9 Å². The third kappa shape index (κ3) is 4.01.